The molecule has 0 atom stereocenters. The van der Waals surface area contributed by atoms with Gasteiger partial charge in [-0.15, -0.1) is 0 Å². The minimum Gasteiger partial charge on any atom is 1.00 e. The van der Waals surface area contributed by atoms with Crippen molar-refractivity contribution in [2.24, 2.45) is 0 Å². The van der Waals surface area contributed by atoms with E-state index in [0.29, 0.717) is 0 Å². The van der Waals surface area contributed by atoms with Crippen molar-refractivity contribution in [2.45, 2.75) is 0 Å². The van der Waals surface area contributed by atoms with Gasteiger partial charge in [0.2, 0.25) is 0 Å². The van der Waals surface area contributed by atoms with Gasteiger partial charge in [-0.25, -0.2) is 0 Å². The van der Waals surface area contributed by atoms with Crippen molar-refractivity contribution in [3.63, 3.8) is 0 Å². The average molecular weight is 267 g/mol. The van der Waals surface area contributed by atoms with Gasteiger partial charge in [-0.2, -0.15) is 0 Å². The minimum atomic E-state index is -4.82. The van der Waals surface area contributed by atoms with Gasteiger partial charge in [0, 0.05) is 0 Å². The molecule has 0 aromatic heterocycles. The number of hydrogen-bond donors (Lipinski definition) is 0. The fourth-order valence-electron chi connectivity index (χ4n) is 0. The molecule has 8 heavy (non-hydrogen) atoms. The smallest absolute Gasteiger partial charge is 1.00 e. The molecule has 48 valence electrons. The van der Waals surface area contributed by atoms with Crippen LogP contribution in [0.3, 0.4) is 0 Å². The molecule has 0 saturated carbocycles. The third-order valence-corrected chi connectivity index (χ3v) is 0. The topological polar surface area (TPSA) is 0 Å². The van der Waals surface area contributed by atoms with E-state index < -0.39 is 2.06 Å². The van der Waals surface area contributed by atoms with Gasteiger partial charge in [-0.1, -0.05) is 0 Å². The van der Waals surface area contributed by atoms with Gasteiger partial charge in [0.1, 0.15) is 0 Å². The van der Waals surface area contributed by atoms with Crippen LogP contribution in [-0.2, 0) is 0 Å². The Bertz CT molecular complexity index is 67.1. The molecule has 0 nitrogen and oxygen atoms in total. The van der Waals surface area contributed by atoms with E-state index in [1.54, 1.807) is 0 Å². The third kappa shape index (κ3) is 60.9. The molecule has 0 aromatic carbocycles. The van der Waals surface area contributed by atoms with Gasteiger partial charge >= 0.3 is 99.1 Å². The van der Waals surface area contributed by atoms with Gasteiger partial charge < -0.3 is 0 Å². The molecule has 0 fully saturated rings. The van der Waals surface area contributed by atoms with Crippen molar-refractivity contribution < 1.29 is 29.6 Å². The summed E-state index contributed by atoms with van der Waals surface area (Å²) in [5.74, 6) is 0. The van der Waals surface area contributed by atoms with Crippen molar-refractivity contribution in [3.05, 3.63) is 0 Å². The molecule has 0 spiro atoms. The van der Waals surface area contributed by atoms with Crippen LogP contribution in [0.25, 0.3) is 0 Å². The van der Waals surface area contributed by atoms with E-state index in [1.807, 2.05) is 0 Å². The predicted molar refractivity (Wildman–Crippen MR) is 42.0 cm³/mol. The molecule has 0 N–H and O–H groups in total. The van der Waals surface area contributed by atoms with Crippen LogP contribution in [0.2, 0.25) is 0 Å². The Morgan fingerprint density at radius 2 is 0.625 bits per heavy atom. The van der Waals surface area contributed by atoms with Crippen LogP contribution >= 0.6 is 69.5 Å². The first-order valence-corrected chi connectivity index (χ1v) is 9.13. The van der Waals surface area contributed by atoms with Crippen molar-refractivity contribution in [3.8, 4) is 0 Å². The van der Waals surface area contributed by atoms with Crippen LogP contribution in [-0.4, -0.2) is 0 Å². The first-order valence-electron chi connectivity index (χ1n) is 1.01. The maximum Gasteiger partial charge on any atom is 1.00 e. The molecule has 0 rings (SSSR count). The van der Waals surface area contributed by atoms with Crippen LogP contribution < -0.4 is 29.6 Å². The summed E-state index contributed by atoms with van der Waals surface area (Å²) < 4.78 is -4.82. The molecule has 0 bridgehead atoms. The normalized spacial score (nSPS) is 20.2. The quantitative estimate of drug-likeness (QED) is 0.465. The fraction of sp³-hybridized carbons (Fsp3) is 0. The van der Waals surface area contributed by atoms with E-state index in [-0.39, 0.29) is 29.6 Å². The van der Waals surface area contributed by atoms with Gasteiger partial charge in [0.15, 0.2) is 0 Å². The molecule has 0 unspecified atom stereocenters. The van der Waals surface area contributed by atoms with Gasteiger partial charge in [0.25, 0.3) is 0 Å². The van der Waals surface area contributed by atoms with Gasteiger partial charge in [0.05, 0.1) is 0 Å². The van der Waals surface area contributed by atoms with Crippen LogP contribution in [0.5, 0.6) is 0 Å². The second-order valence-electron chi connectivity index (χ2n) is 0.958. The van der Waals surface area contributed by atoms with Crippen LogP contribution in [0, 0.1) is 0 Å². The molecule has 0 heterocycles. The van der Waals surface area contributed by atoms with Crippen LogP contribution in [0.15, 0.2) is 0 Å². The molecule has 0 saturated heterocycles. The standard InChI is InChI=1S/Cl6P.Na/c1-7(2,3,4,5)6;/q-1;+1. The molecule has 0 aliphatic carbocycles. The maximum absolute atomic E-state index is 5.00. The molecule has 0 amide bonds. The summed E-state index contributed by atoms with van der Waals surface area (Å²) >= 11 is 30.0. The second kappa shape index (κ2) is 2.59. The number of halogens is 6. The monoisotopic (exact) mass is 264 g/mol. The van der Waals surface area contributed by atoms with E-state index >= 15 is 0 Å². The molecule has 0 aromatic rings. The first-order chi connectivity index (χ1) is 2.45. The molecular weight excluding hydrogens is 267 g/mol. The fourth-order valence-corrected chi connectivity index (χ4v) is 0. The van der Waals surface area contributed by atoms with Crippen molar-refractivity contribution in [2.75, 3.05) is 0 Å². The Labute approximate surface area is 97.6 Å². The zero-order valence-corrected chi connectivity index (χ0v) is 11.1. The maximum atomic E-state index is 5.00. The van der Waals surface area contributed by atoms with Crippen molar-refractivity contribution in [1.29, 1.82) is 0 Å². The summed E-state index contributed by atoms with van der Waals surface area (Å²) in [7, 11) is 0. The number of rotatable bonds is 0. The largest absolute Gasteiger partial charge is 1.00 e. The number of hydrogen-bond acceptors (Lipinski definition) is 0. The zero-order valence-electron chi connectivity index (χ0n) is 3.72. The Morgan fingerprint density at radius 3 is 0.625 bits per heavy atom. The van der Waals surface area contributed by atoms with E-state index in [1.165, 1.54) is 0 Å². The van der Waals surface area contributed by atoms with Gasteiger partial charge in [-0.3, -0.25) is 0 Å². The van der Waals surface area contributed by atoms with E-state index in [9.17, 15) is 0 Å². The summed E-state index contributed by atoms with van der Waals surface area (Å²) in [6.45, 7) is 0. The Kier molecular flexibility index (Phi) is 4.45. The minimum absolute atomic E-state index is 0. The second-order valence-corrected chi connectivity index (χ2v) is 25.9. The Morgan fingerprint density at radius 1 is 0.625 bits per heavy atom. The molecule has 8 heteroatoms. The summed E-state index contributed by atoms with van der Waals surface area (Å²) in [5.41, 5.74) is 0. The molecule has 0 radical (unpaired) electrons. The molecule has 0 aliphatic heterocycles. The predicted octanol–water partition coefficient (Wildman–Crippen LogP) is 2.00. The Balaban J connectivity index is 0. The summed E-state index contributed by atoms with van der Waals surface area (Å²) in [4.78, 5) is 0. The Hall–Kier alpha value is 3.17. The SMILES string of the molecule is Cl[P-](Cl)(Cl)(Cl)(Cl)Cl.[Na+]. The van der Waals surface area contributed by atoms with Gasteiger partial charge in [-0.05, 0) is 0 Å². The zero-order chi connectivity index (χ0) is 6.41. The van der Waals surface area contributed by atoms with Crippen LogP contribution in [0.1, 0.15) is 0 Å². The third-order valence-electron chi connectivity index (χ3n) is 0. The summed E-state index contributed by atoms with van der Waals surface area (Å²) in [6.07, 6.45) is 0. The summed E-state index contributed by atoms with van der Waals surface area (Å²) in [5, 5.41) is 0. The van der Waals surface area contributed by atoms with Crippen molar-refractivity contribution in [1.82, 2.24) is 0 Å². The van der Waals surface area contributed by atoms with Crippen LogP contribution in [0.4, 0.5) is 0 Å². The average Bonchev–Trinajstić information content (AvgIpc) is 0.592. The van der Waals surface area contributed by atoms with E-state index in [2.05, 4.69) is 0 Å². The van der Waals surface area contributed by atoms with Crippen molar-refractivity contribution >= 4 is 69.5 Å². The van der Waals surface area contributed by atoms with E-state index in [0.717, 1.165) is 0 Å². The molecular formula is Cl6NaP. The summed E-state index contributed by atoms with van der Waals surface area (Å²) in [6, 6.07) is 0. The first kappa shape index (κ1) is 13.7. The molecule has 0 aliphatic rings. The van der Waals surface area contributed by atoms with E-state index in [4.69, 9.17) is 67.4 Å².